The summed E-state index contributed by atoms with van der Waals surface area (Å²) < 4.78 is 34.8. The van der Waals surface area contributed by atoms with Gasteiger partial charge in [0.15, 0.2) is 11.5 Å². The van der Waals surface area contributed by atoms with Gasteiger partial charge in [0.2, 0.25) is 0 Å². The van der Waals surface area contributed by atoms with E-state index < -0.39 is 40.5 Å². The third-order valence-corrected chi connectivity index (χ3v) is 6.98. The number of hydrogen-bond donors (Lipinski definition) is 1. The lowest BCUT2D eigenvalue weighted by Gasteiger charge is -2.42. The Hall–Kier alpha value is -3.45. The molecule has 0 spiro atoms. The van der Waals surface area contributed by atoms with Crippen LogP contribution >= 0.6 is 0 Å². The molecule has 12 nitrogen and oxygen atoms in total. The number of aliphatic hydroxyl groups excluding tert-OH is 1. The minimum Gasteiger partial charge on any atom is -0.493 e. The number of nitrogens with zero attached hydrogens (tertiary/aromatic N) is 2. The van der Waals surface area contributed by atoms with Gasteiger partial charge in [-0.15, -0.1) is 0 Å². The van der Waals surface area contributed by atoms with Gasteiger partial charge in [0.25, 0.3) is 0 Å². The lowest BCUT2D eigenvalue weighted by Crippen LogP contribution is -2.55. The van der Waals surface area contributed by atoms with Crippen molar-refractivity contribution in [3.05, 3.63) is 64.2 Å². The summed E-state index contributed by atoms with van der Waals surface area (Å²) in [6, 6.07) is 13.6. The van der Waals surface area contributed by atoms with Crippen LogP contribution < -0.4 is 9.47 Å². The lowest BCUT2D eigenvalue weighted by atomic mass is 9.84. The molecule has 1 amide bonds. The number of nitro benzene ring substituents is 1. The number of carbonyl (C=O) groups is 1. The van der Waals surface area contributed by atoms with Crippen molar-refractivity contribution in [2.75, 3.05) is 39.5 Å². The fourth-order valence-corrected chi connectivity index (χ4v) is 5.08. The molecule has 0 aromatic heterocycles. The topological polar surface area (TPSA) is 139 Å². The predicted molar refractivity (Wildman–Crippen MR) is 156 cm³/mol. The number of nitro groups is 1. The number of benzene rings is 2. The van der Waals surface area contributed by atoms with Crippen LogP contribution in [0.3, 0.4) is 0 Å². The molecule has 0 bridgehead atoms. The maximum Gasteiger partial charge on any atom is 0.410 e. The molecule has 12 heteroatoms. The molecular weight excluding hydrogens is 560 g/mol. The maximum absolute atomic E-state index is 12.8. The van der Waals surface area contributed by atoms with Gasteiger partial charge in [-0.25, -0.2) is 4.79 Å². The third kappa shape index (κ3) is 9.27. The minimum absolute atomic E-state index is 0.0756. The van der Waals surface area contributed by atoms with E-state index in [0.717, 1.165) is 5.56 Å². The number of β-amino-alcohol motifs (C(OH)–C–C–N with tert-alkyl or cyclic N) is 1. The van der Waals surface area contributed by atoms with E-state index in [0.29, 0.717) is 25.4 Å². The number of rotatable bonds is 11. The molecule has 2 heterocycles. The van der Waals surface area contributed by atoms with Crippen molar-refractivity contribution in [2.24, 2.45) is 0 Å². The fraction of sp³-hybridized carbons (Fsp3) is 0.581. The second kappa shape index (κ2) is 13.9. The van der Waals surface area contributed by atoms with Crippen molar-refractivity contribution in [1.29, 1.82) is 0 Å². The molecule has 1 N–H and O–H groups in total. The highest BCUT2D eigenvalue weighted by atomic mass is 16.7. The van der Waals surface area contributed by atoms with Crippen LogP contribution in [0.4, 0.5) is 10.5 Å². The van der Waals surface area contributed by atoms with Crippen LogP contribution in [0.15, 0.2) is 48.5 Å². The van der Waals surface area contributed by atoms with Crippen molar-refractivity contribution in [1.82, 2.24) is 4.90 Å². The van der Waals surface area contributed by atoms with Crippen LogP contribution in [-0.2, 0) is 18.9 Å². The monoisotopic (exact) mass is 602 g/mol. The van der Waals surface area contributed by atoms with Crippen molar-refractivity contribution in [3.63, 3.8) is 0 Å². The van der Waals surface area contributed by atoms with Gasteiger partial charge in [-0.05, 0) is 58.4 Å². The molecule has 2 aliphatic heterocycles. The first-order valence-corrected chi connectivity index (χ1v) is 14.5. The van der Waals surface area contributed by atoms with Gasteiger partial charge in [-0.1, -0.05) is 24.3 Å². The molecule has 43 heavy (non-hydrogen) atoms. The summed E-state index contributed by atoms with van der Waals surface area (Å²) in [7, 11) is 0. The van der Waals surface area contributed by atoms with E-state index in [9.17, 15) is 20.0 Å². The van der Waals surface area contributed by atoms with E-state index in [2.05, 4.69) is 0 Å². The van der Waals surface area contributed by atoms with E-state index in [1.807, 2.05) is 38.1 Å². The van der Waals surface area contributed by atoms with Crippen LogP contribution in [0.25, 0.3) is 0 Å². The molecule has 2 aromatic rings. The van der Waals surface area contributed by atoms with Crippen LogP contribution in [-0.4, -0.2) is 90.2 Å². The van der Waals surface area contributed by atoms with E-state index in [1.165, 1.54) is 11.0 Å². The highest BCUT2D eigenvalue weighted by Crippen LogP contribution is 2.34. The number of aliphatic hydroxyl groups is 1. The van der Waals surface area contributed by atoms with Crippen molar-refractivity contribution < 1.29 is 43.2 Å². The molecule has 2 aromatic carbocycles. The molecule has 4 rings (SSSR count). The van der Waals surface area contributed by atoms with Crippen LogP contribution in [0, 0.1) is 10.1 Å². The number of amides is 1. The zero-order valence-electron chi connectivity index (χ0n) is 25.4. The molecule has 2 fully saturated rings. The van der Waals surface area contributed by atoms with Gasteiger partial charge in [0.1, 0.15) is 17.5 Å². The number of hydrogen-bond acceptors (Lipinski definition) is 10. The van der Waals surface area contributed by atoms with Gasteiger partial charge in [0.05, 0.1) is 56.6 Å². The Bertz CT molecular complexity index is 1230. The molecule has 2 aliphatic rings. The summed E-state index contributed by atoms with van der Waals surface area (Å²) in [5.74, 6) is -0.242. The summed E-state index contributed by atoms with van der Waals surface area (Å²) in [5.41, 5.74) is 0.0998. The van der Waals surface area contributed by atoms with Crippen LogP contribution in [0.2, 0.25) is 0 Å². The first-order valence-electron chi connectivity index (χ1n) is 14.5. The van der Waals surface area contributed by atoms with Crippen molar-refractivity contribution >= 4 is 11.8 Å². The van der Waals surface area contributed by atoms with Gasteiger partial charge in [-0.3, -0.25) is 10.1 Å². The number of likely N-dealkylation sites (tertiary alicyclic amines) is 1. The van der Waals surface area contributed by atoms with Gasteiger partial charge in [0, 0.05) is 18.4 Å². The standard InChI is InChI=1S/C31H42N2O10/c1-30(2,3)43-29(35)32-17-25(34)28(27(18-32)40-19-23-20-41-31(4,5)42-23)21-11-13-22(14-12-21)38-15-8-16-39-26-10-7-6-9-24(26)33(36)37/h6-7,9-14,23,25,27-28,34H,8,15-20H2,1-5H3/t23-,25-,27+,28+/m0/s1. The van der Waals surface area contributed by atoms with Crippen LogP contribution in [0.5, 0.6) is 11.5 Å². The molecule has 0 aliphatic carbocycles. The Morgan fingerprint density at radius 2 is 1.79 bits per heavy atom. The summed E-state index contributed by atoms with van der Waals surface area (Å²) in [5, 5.41) is 22.4. The SMILES string of the molecule is CC(C)(C)OC(=O)N1C[C@H](O)[C@@H](c2ccc(OCCCOc3ccccc3[N+](=O)[O-])cc2)[C@H](OC[C@H]2COC(C)(C)O2)C1. The normalized spacial score (nSPS) is 23.5. The van der Waals surface area contributed by atoms with E-state index >= 15 is 0 Å². The molecule has 236 valence electrons. The highest BCUT2D eigenvalue weighted by molar-refractivity contribution is 5.68. The zero-order chi connectivity index (χ0) is 31.2. The third-order valence-electron chi connectivity index (χ3n) is 6.98. The van der Waals surface area contributed by atoms with E-state index in [4.69, 9.17) is 28.4 Å². The van der Waals surface area contributed by atoms with Crippen molar-refractivity contribution in [2.45, 2.75) is 76.7 Å². The Labute approximate surface area is 251 Å². The summed E-state index contributed by atoms with van der Waals surface area (Å²) in [6.07, 6.45) is -1.66. The fourth-order valence-electron chi connectivity index (χ4n) is 5.08. The van der Waals surface area contributed by atoms with Gasteiger partial charge in [-0.2, -0.15) is 0 Å². The molecule has 4 atom stereocenters. The summed E-state index contributed by atoms with van der Waals surface area (Å²) in [4.78, 5) is 25.0. The molecule has 0 saturated carbocycles. The average molecular weight is 603 g/mol. The summed E-state index contributed by atoms with van der Waals surface area (Å²) in [6.45, 7) is 10.7. The quantitative estimate of drug-likeness (QED) is 0.219. The number of para-hydroxylation sites is 2. The van der Waals surface area contributed by atoms with E-state index in [-0.39, 0.29) is 43.8 Å². The highest BCUT2D eigenvalue weighted by Gasteiger charge is 2.42. The first kappa shape index (κ1) is 32.5. The molecule has 2 saturated heterocycles. The largest absolute Gasteiger partial charge is 0.493 e. The van der Waals surface area contributed by atoms with Crippen molar-refractivity contribution in [3.8, 4) is 11.5 Å². The van der Waals surface area contributed by atoms with E-state index in [1.54, 1.807) is 39.0 Å². The predicted octanol–water partition coefficient (Wildman–Crippen LogP) is 4.67. The van der Waals surface area contributed by atoms with Gasteiger partial charge < -0.3 is 38.4 Å². The Balaban J connectivity index is 1.35. The van der Waals surface area contributed by atoms with Crippen LogP contribution in [0.1, 0.15) is 52.5 Å². The molecular formula is C31H42N2O10. The second-order valence-corrected chi connectivity index (χ2v) is 12.1. The number of ether oxygens (including phenoxy) is 6. The number of piperidine rings is 1. The smallest absolute Gasteiger partial charge is 0.410 e. The maximum atomic E-state index is 12.8. The second-order valence-electron chi connectivity index (χ2n) is 12.1. The minimum atomic E-state index is -0.894. The summed E-state index contributed by atoms with van der Waals surface area (Å²) >= 11 is 0. The zero-order valence-corrected chi connectivity index (χ0v) is 25.4. The number of carbonyl (C=O) groups excluding carboxylic acids is 1. The lowest BCUT2D eigenvalue weighted by molar-refractivity contribution is -0.385. The van der Waals surface area contributed by atoms with Gasteiger partial charge >= 0.3 is 11.8 Å². The Morgan fingerprint density at radius 1 is 1.09 bits per heavy atom. The molecule has 0 radical (unpaired) electrons. The molecule has 0 unspecified atom stereocenters. The first-order chi connectivity index (χ1) is 20.3. The Morgan fingerprint density at radius 3 is 2.44 bits per heavy atom. The Kier molecular flexibility index (Phi) is 10.5. The average Bonchev–Trinajstić information content (AvgIpc) is 3.29.